The summed E-state index contributed by atoms with van der Waals surface area (Å²) in [4.78, 5) is 22.9. The van der Waals surface area contributed by atoms with Gasteiger partial charge in [-0.1, -0.05) is 16.4 Å². The SMILES string of the molecule is O=C(O)CN(CC(=O)O)c1cccc(-n2[nH]nnc2=S)c1. The van der Waals surface area contributed by atoms with Gasteiger partial charge in [0.25, 0.3) is 0 Å². The van der Waals surface area contributed by atoms with Gasteiger partial charge in [-0.05, 0) is 30.4 Å². The van der Waals surface area contributed by atoms with E-state index in [9.17, 15) is 9.59 Å². The van der Waals surface area contributed by atoms with Crippen LogP contribution in [0.25, 0.3) is 5.69 Å². The molecule has 0 amide bonds. The van der Waals surface area contributed by atoms with Crippen molar-refractivity contribution in [1.82, 2.24) is 20.2 Å². The van der Waals surface area contributed by atoms with Gasteiger partial charge in [0.2, 0.25) is 4.77 Å². The van der Waals surface area contributed by atoms with Gasteiger partial charge in [0, 0.05) is 5.69 Å². The first kappa shape index (κ1) is 14.7. The molecule has 1 aromatic carbocycles. The zero-order valence-corrected chi connectivity index (χ0v) is 11.4. The average Bonchev–Trinajstić information content (AvgIpc) is 2.83. The molecular weight excluding hydrogens is 298 g/mol. The molecule has 10 heteroatoms. The van der Waals surface area contributed by atoms with Crippen molar-refractivity contribution in [3.05, 3.63) is 29.0 Å². The van der Waals surface area contributed by atoms with Gasteiger partial charge >= 0.3 is 11.9 Å². The maximum absolute atomic E-state index is 10.8. The molecule has 1 heterocycles. The van der Waals surface area contributed by atoms with Crippen molar-refractivity contribution < 1.29 is 19.8 Å². The van der Waals surface area contributed by atoms with Crippen LogP contribution in [0.5, 0.6) is 0 Å². The van der Waals surface area contributed by atoms with E-state index < -0.39 is 25.0 Å². The monoisotopic (exact) mass is 309 g/mol. The summed E-state index contributed by atoms with van der Waals surface area (Å²) in [5.74, 6) is -2.25. The van der Waals surface area contributed by atoms with Crippen LogP contribution in [0, 0.1) is 4.77 Å². The third-order valence-electron chi connectivity index (χ3n) is 2.58. The van der Waals surface area contributed by atoms with E-state index in [1.54, 1.807) is 24.3 Å². The number of aromatic amines is 1. The highest BCUT2D eigenvalue weighted by Crippen LogP contribution is 2.18. The number of aliphatic carboxylic acids is 2. The number of hydrogen-bond donors (Lipinski definition) is 3. The Kier molecular flexibility index (Phi) is 4.28. The molecule has 0 aliphatic heterocycles. The van der Waals surface area contributed by atoms with Crippen molar-refractivity contribution in [2.24, 2.45) is 0 Å². The molecule has 3 N–H and O–H groups in total. The summed E-state index contributed by atoms with van der Waals surface area (Å²) in [6.07, 6.45) is 0. The zero-order valence-electron chi connectivity index (χ0n) is 10.6. The van der Waals surface area contributed by atoms with Gasteiger partial charge in [0.05, 0.1) is 5.69 Å². The summed E-state index contributed by atoms with van der Waals surface area (Å²) in [5.41, 5.74) is 1.01. The topological polar surface area (TPSA) is 124 Å². The van der Waals surface area contributed by atoms with Gasteiger partial charge in [0.15, 0.2) is 0 Å². The smallest absolute Gasteiger partial charge is 0.323 e. The van der Waals surface area contributed by atoms with E-state index in [-0.39, 0.29) is 4.77 Å². The molecule has 0 fully saturated rings. The number of nitrogens with zero attached hydrogens (tertiary/aromatic N) is 4. The first-order valence-electron chi connectivity index (χ1n) is 5.76. The Balaban J connectivity index is 2.37. The highest BCUT2D eigenvalue weighted by atomic mass is 32.1. The van der Waals surface area contributed by atoms with Crippen LogP contribution in [-0.4, -0.2) is 55.4 Å². The third kappa shape index (κ3) is 3.63. The van der Waals surface area contributed by atoms with Crippen molar-refractivity contribution in [3.63, 3.8) is 0 Å². The number of benzene rings is 1. The lowest BCUT2D eigenvalue weighted by atomic mass is 10.2. The van der Waals surface area contributed by atoms with Crippen molar-refractivity contribution in [1.29, 1.82) is 0 Å². The Hall–Kier alpha value is -2.75. The molecule has 2 aromatic rings. The fourth-order valence-corrected chi connectivity index (χ4v) is 1.95. The van der Waals surface area contributed by atoms with Crippen LogP contribution in [-0.2, 0) is 9.59 Å². The number of carboxylic acids is 2. The summed E-state index contributed by atoms with van der Waals surface area (Å²) < 4.78 is 1.62. The van der Waals surface area contributed by atoms with Crippen LogP contribution in [0.3, 0.4) is 0 Å². The molecule has 0 aliphatic rings. The number of nitrogens with one attached hydrogen (secondary N) is 1. The standard InChI is InChI=1S/C11H11N5O4S/c17-9(18)5-15(6-10(19)20)7-2-1-3-8(4-7)16-11(21)12-13-14-16/h1-4H,5-6H2,(H,17,18)(H,19,20)(H,12,14,21). The molecule has 9 nitrogen and oxygen atoms in total. The maximum atomic E-state index is 10.8. The van der Waals surface area contributed by atoms with E-state index >= 15 is 0 Å². The minimum atomic E-state index is -1.12. The van der Waals surface area contributed by atoms with Gasteiger partial charge in [0.1, 0.15) is 13.1 Å². The Bertz CT molecular complexity index is 709. The number of hydrogen-bond acceptors (Lipinski definition) is 6. The predicted molar refractivity (Wildman–Crippen MR) is 74.0 cm³/mol. The fourth-order valence-electron chi connectivity index (χ4n) is 1.76. The van der Waals surface area contributed by atoms with Crippen LogP contribution in [0.1, 0.15) is 0 Å². The molecular formula is C11H11N5O4S. The van der Waals surface area contributed by atoms with E-state index in [1.807, 2.05) is 0 Å². The van der Waals surface area contributed by atoms with E-state index in [0.29, 0.717) is 11.4 Å². The zero-order chi connectivity index (χ0) is 15.4. The maximum Gasteiger partial charge on any atom is 0.323 e. The molecule has 0 spiro atoms. The van der Waals surface area contributed by atoms with Crippen molar-refractivity contribution in [2.45, 2.75) is 0 Å². The number of anilines is 1. The second-order valence-electron chi connectivity index (χ2n) is 4.08. The van der Waals surface area contributed by atoms with E-state index in [4.69, 9.17) is 22.4 Å². The molecule has 21 heavy (non-hydrogen) atoms. The first-order chi connectivity index (χ1) is 9.97. The highest BCUT2D eigenvalue weighted by Gasteiger charge is 2.15. The van der Waals surface area contributed by atoms with Crippen molar-refractivity contribution in [2.75, 3.05) is 18.0 Å². The van der Waals surface area contributed by atoms with Crippen LogP contribution in [0.15, 0.2) is 24.3 Å². The van der Waals surface area contributed by atoms with Gasteiger partial charge in [-0.25, -0.2) is 4.68 Å². The summed E-state index contributed by atoms with van der Waals surface area (Å²) in [6, 6.07) is 6.58. The number of aromatic nitrogens is 4. The summed E-state index contributed by atoms with van der Waals surface area (Å²) in [6.45, 7) is -0.856. The molecule has 0 unspecified atom stereocenters. The Labute approximate surface area is 123 Å². The van der Waals surface area contributed by atoms with Crippen molar-refractivity contribution >= 4 is 29.8 Å². The van der Waals surface area contributed by atoms with Crippen LogP contribution < -0.4 is 4.90 Å². The number of H-pyrrole nitrogens is 1. The second-order valence-corrected chi connectivity index (χ2v) is 4.45. The van der Waals surface area contributed by atoms with E-state index in [2.05, 4.69) is 15.5 Å². The summed E-state index contributed by atoms with van der Waals surface area (Å²) >= 11 is 4.97. The largest absolute Gasteiger partial charge is 0.480 e. The predicted octanol–water partition coefficient (Wildman–Crippen LogP) is 0.300. The average molecular weight is 309 g/mol. The molecule has 1 aromatic heterocycles. The fraction of sp³-hybridized carbons (Fsp3) is 0.182. The molecule has 0 saturated heterocycles. The van der Waals surface area contributed by atoms with Gasteiger partial charge in [-0.2, -0.15) is 5.21 Å². The molecule has 110 valence electrons. The molecule has 0 saturated carbocycles. The minimum Gasteiger partial charge on any atom is -0.480 e. The molecule has 0 atom stereocenters. The lowest BCUT2D eigenvalue weighted by molar-refractivity contribution is -0.136. The molecule has 0 aliphatic carbocycles. The van der Waals surface area contributed by atoms with Gasteiger partial charge in [-0.3, -0.25) is 9.59 Å². The normalized spacial score (nSPS) is 10.3. The molecule has 0 bridgehead atoms. The number of tetrazole rings is 1. The van der Waals surface area contributed by atoms with E-state index in [0.717, 1.165) is 0 Å². The Morgan fingerprint density at radius 2 is 1.95 bits per heavy atom. The van der Waals surface area contributed by atoms with Crippen molar-refractivity contribution in [3.8, 4) is 5.69 Å². The van der Waals surface area contributed by atoms with Gasteiger partial charge in [-0.15, -0.1) is 0 Å². The quantitative estimate of drug-likeness (QED) is 0.651. The summed E-state index contributed by atoms with van der Waals surface area (Å²) in [7, 11) is 0. The lowest BCUT2D eigenvalue weighted by Gasteiger charge is -2.21. The van der Waals surface area contributed by atoms with Gasteiger partial charge < -0.3 is 15.1 Å². The molecule has 0 radical (unpaired) electrons. The third-order valence-corrected chi connectivity index (χ3v) is 2.84. The lowest BCUT2D eigenvalue weighted by Crippen LogP contribution is -2.34. The van der Waals surface area contributed by atoms with Crippen LogP contribution >= 0.6 is 12.2 Å². The number of carboxylic acid groups (broad SMARTS) is 2. The first-order valence-corrected chi connectivity index (χ1v) is 6.17. The van der Waals surface area contributed by atoms with E-state index in [1.165, 1.54) is 9.58 Å². The minimum absolute atomic E-state index is 0.204. The summed E-state index contributed by atoms with van der Waals surface area (Å²) in [5, 5.41) is 27.5. The molecule has 2 rings (SSSR count). The van der Waals surface area contributed by atoms with Crippen LogP contribution in [0.4, 0.5) is 5.69 Å². The van der Waals surface area contributed by atoms with Crippen LogP contribution in [0.2, 0.25) is 0 Å². The number of rotatable bonds is 6. The Morgan fingerprint density at radius 1 is 1.29 bits per heavy atom. The second kappa shape index (κ2) is 6.13. The number of carbonyl (C=O) groups is 2. The highest BCUT2D eigenvalue weighted by molar-refractivity contribution is 7.71. The Morgan fingerprint density at radius 3 is 2.48 bits per heavy atom.